The molecule has 2 nitrogen and oxygen atoms in total. The summed E-state index contributed by atoms with van der Waals surface area (Å²) < 4.78 is 7.46. The van der Waals surface area contributed by atoms with Crippen LogP contribution in [0.15, 0.2) is 182 Å². The molecule has 0 fully saturated rings. The van der Waals surface area contributed by atoms with E-state index in [9.17, 15) is 0 Å². The van der Waals surface area contributed by atoms with E-state index < -0.39 is 0 Å². The van der Waals surface area contributed by atoms with Crippen LogP contribution in [0.2, 0.25) is 0 Å². The number of hydrogen-bond donors (Lipinski definition) is 0. The highest BCUT2D eigenvalue weighted by atomic mass is 32.1. The van der Waals surface area contributed by atoms with Gasteiger partial charge in [0.2, 0.25) is 0 Å². The summed E-state index contributed by atoms with van der Waals surface area (Å²) in [7, 11) is 0. The van der Waals surface area contributed by atoms with Crippen LogP contribution in [0.4, 0.5) is 0 Å². The Morgan fingerprint density at radius 3 is 1.24 bits per heavy atom. The molecule has 51 heavy (non-hydrogen) atoms. The van der Waals surface area contributed by atoms with E-state index in [1.165, 1.54) is 97.4 Å². The fourth-order valence-corrected chi connectivity index (χ4v) is 9.33. The second-order valence-electron chi connectivity index (χ2n) is 13.3. The molecule has 0 aliphatic carbocycles. The number of nitrogens with zero attached hydrogens (tertiary/aromatic N) is 2. The molecule has 0 aliphatic heterocycles. The Hall–Kier alpha value is -6.42. The third kappa shape index (κ3) is 4.29. The van der Waals surface area contributed by atoms with E-state index in [4.69, 9.17) is 0 Å². The lowest BCUT2D eigenvalue weighted by Crippen LogP contribution is -1.94. The van der Waals surface area contributed by atoms with Gasteiger partial charge in [0.1, 0.15) is 0 Å². The van der Waals surface area contributed by atoms with Gasteiger partial charge < -0.3 is 9.13 Å². The number of hydrogen-bond acceptors (Lipinski definition) is 1. The molecule has 0 atom stereocenters. The smallest absolute Gasteiger partial charge is 0.0548 e. The van der Waals surface area contributed by atoms with Crippen LogP contribution in [-0.2, 0) is 0 Å². The van der Waals surface area contributed by atoms with Crippen molar-refractivity contribution >= 4 is 75.1 Å². The van der Waals surface area contributed by atoms with Crippen molar-refractivity contribution in [3.63, 3.8) is 0 Å². The highest BCUT2D eigenvalue weighted by Crippen LogP contribution is 2.43. The minimum Gasteiger partial charge on any atom is -0.309 e. The molecular weight excluding hydrogens is 637 g/mol. The molecule has 3 heteroatoms. The van der Waals surface area contributed by atoms with E-state index in [1.807, 2.05) is 11.3 Å². The van der Waals surface area contributed by atoms with Gasteiger partial charge in [0.25, 0.3) is 0 Å². The third-order valence-electron chi connectivity index (χ3n) is 10.6. The Morgan fingerprint density at radius 1 is 0.275 bits per heavy atom. The lowest BCUT2D eigenvalue weighted by atomic mass is 10.00. The van der Waals surface area contributed by atoms with E-state index in [0.717, 1.165) is 0 Å². The van der Waals surface area contributed by atoms with Gasteiger partial charge in [-0.15, -0.1) is 11.3 Å². The third-order valence-corrected chi connectivity index (χ3v) is 11.7. The van der Waals surface area contributed by atoms with Gasteiger partial charge in [-0.2, -0.15) is 0 Å². The number of para-hydroxylation sites is 3. The monoisotopic (exact) mass is 666 g/mol. The molecule has 0 bridgehead atoms. The first-order valence-electron chi connectivity index (χ1n) is 17.4. The summed E-state index contributed by atoms with van der Waals surface area (Å²) >= 11 is 1.88. The number of aromatic nitrogens is 2. The lowest BCUT2D eigenvalue weighted by Gasteiger charge is -2.11. The summed E-state index contributed by atoms with van der Waals surface area (Å²) in [5.74, 6) is 0. The van der Waals surface area contributed by atoms with Crippen LogP contribution in [0, 0.1) is 0 Å². The lowest BCUT2D eigenvalue weighted by molar-refractivity contribution is 1.18. The Kier molecular flexibility index (Phi) is 6.16. The first-order valence-corrected chi connectivity index (χ1v) is 18.3. The SMILES string of the molecule is c1ccc2c(c1)sc1ccc3c(c4ccccc4n3-c3ccc(-c4ccc(-c5ccc(-n6c7ccccc7c7ccccc76)cc5)cc4)cc3)c12. The maximum Gasteiger partial charge on any atom is 0.0548 e. The summed E-state index contributed by atoms with van der Waals surface area (Å²) in [6.45, 7) is 0. The summed E-state index contributed by atoms with van der Waals surface area (Å²) in [6, 6.07) is 66.5. The summed E-state index contributed by atoms with van der Waals surface area (Å²) in [4.78, 5) is 0. The standard InChI is InChI=1S/C48H30N2S/c1-5-13-41-37(9-1)38-10-2-6-14-42(38)49(41)35-25-21-33(22-26-35)31-17-19-32(20-18-31)34-23-27-36(28-24-34)50-43-15-7-3-11-39(43)47-44(50)29-30-46-48(47)40-12-4-8-16-45(40)51-46/h1-30H. The Balaban J connectivity index is 0.929. The molecule has 238 valence electrons. The molecule has 0 saturated heterocycles. The molecule has 0 saturated carbocycles. The summed E-state index contributed by atoms with van der Waals surface area (Å²) in [6.07, 6.45) is 0. The molecule has 3 heterocycles. The van der Waals surface area contributed by atoms with Gasteiger partial charge in [-0.3, -0.25) is 0 Å². The fraction of sp³-hybridized carbons (Fsp3) is 0. The fourth-order valence-electron chi connectivity index (χ4n) is 8.21. The van der Waals surface area contributed by atoms with E-state index in [1.54, 1.807) is 0 Å². The molecule has 0 amide bonds. The van der Waals surface area contributed by atoms with Gasteiger partial charge in [0, 0.05) is 53.1 Å². The van der Waals surface area contributed by atoms with Crippen LogP contribution in [0.3, 0.4) is 0 Å². The van der Waals surface area contributed by atoms with Crippen LogP contribution in [0.25, 0.3) is 97.4 Å². The molecule has 3 aromatic heterocycles. The van der Waals surface area contributed by atoms with Crippen molar-refractivity contribution in [3.05, 3.63) is 182 Å². The van der Waals surface area contributed by atoms with Gasteiger partial charge in [0.05, 0.1) is 22.1 Å². The Bertz CT molecular complexity index is 3050. The normalized spacial score (nSPS) is 11.9. The largest absolute Gasteiger partial charge is 0.309 e. The molecule has 8 aromatic carbocycles. The zero-order chi connectivity index (χ0) is 33.5. The van der Waals surface area contributed by atoms with Crippen LogP contribution in [0.1, 0.15) is 0 Å². The first-order chi connectivity index (χ1) is 25.3. The van der Waals surface area contributed by atoms with Crippen LogP contribution in [0.5, 0.6) is 0 Å². The molecule has 0 unspecified atom stereocenters. The predicted octanol–water partition coefficient (Wildman–Crippen LogP) is 13.6. The molecule has 11 rings (SSSR count). The predicted molar refractivity (Wildman–Crippen MR) is 219 cm³/mol. The van der Waals surface area contributed by atoms with E-state index in [-0.39, 0.29) is 0 Å². The van der Waals surface area contributed by atoms with Crippen molar-refractivity contribution in [2.24, 2.45) is 0 Å². The number of thiophene rings is 1. The van der Waals surface area contributed by atoms with Crippen LogP contribution in [-0.4, -0.2) is 9.13 Å². The van der Waals surface area contributed by atoms with Crippen molar-refractivity contribution in [1.29, 1.82) is 0 Å². The zero-order valence-corrected chi connectivity index (χ0v) is 28.4. The maximum atomic E-state index is 2.42. The molecule has 0 spiro atoms. The zero-order valence-electron chi connectivity index (χ0n) is 27.6. The van der Waals surface area contributed by atoms with E-state index in [0.29, 0.717) is 0 Å². The number of benzene rings is 8. The van der Waals surface area contributed by atoms with Gasteiger partial charge >= 0.3 is 0 Å². The van der Waals surface area contributed by atoms with Crippen molar-refractivity contribution in [1.82, 2.24) is 9.13 Å². The Morgan fingerprint density at radius 2 is 0.686 bits per heavy atom. The second-order valence-corrected chi connectivity index (χ2v) is 14.4. The van der Waals surface area contributed by atoms with Crippen LogP contribution < -0.4 is 0 Å². The number of fused-ring (bicyclic) bond motifs is 10. The average Bonchev–Trinajstić information content (AvgIpc) is 3.86. The quantitative estimate of drug-likeness (QED) is 0.177. The molecular formula is C48H30N2S. The van der Waals surface area contributed by atoms with E-state index in [2.05, 4.69) is 191 Å². The van der Waals surface area contributed by atoms with Crippen molar-refractivity contribution in [2.75, 3.05) is 0 Å². The summed E-state index contributed by atoms with van der Waals surface area (Å²) in [5.41, 5.74) is 12.1. The minimum absolute atomic E-state index is 1.17. The van der Waals surface area contributed by atoms with E-state index >= 15 is 0 Å². The Labute approximate surface area is 298 Å². The second kappa shape index (κ2) is 11.0. The van der Waals surface area contributed by atoms with Gasteiger partial charge in [-0.1, -0.05) is 121 Å². The minimum atomic E-state index is 1.17. The van der Waals surface area contributed by atoms with Crippen molar-refractivity contribution in [3.8, 4) is 33.6 Å². The highest BCUT2D eigenvalue weighted by molar-refractivity contribution is 7.26. The topological polar surface area (TPSA) is 9.86 Å². The van der Waals surface area contributed by atoms with Crippen LogP contribution >= 0.6 is 11.3 Å². The summed E-state index contributed by atoms with van der Waals surface area (Å²) in [5, 5.41) is 7.89. The maximum absolute atomic E-state index is 2.42. The molecule has 0 N–H and O–H groups in total. The molecule has 0 aliphatic rings. The highest BCUT2D eigenvalue weighted by Gasteiger charge is 2.18. The molecule has 11 aromatic rings. The first kappa shape index (κ1) is 28.4. The van der Waals surface area contributed by atoms with Crippen molar-refractivity contribution in [2.45, 2.75) is 0 Å². The van der Waals surface area contributed by atoms with Crippen molar-refractivity contribution < 1.29 is 0 Å². The average molecular weight is 667 g/mol. The van der Waals surface area contributed by atoms with Gasteiger partial charge in [0.15, 0.2) is 0 Å². The van der Waals surface area contributed by atoms with Gasteiger partial charge in [-0.05, 0) is 82.9 Å². The molecule has 0 radical (unpaired) electrons. The number of rotatable bonds is 4. The van der Waals surface area contributed by atoms with Gasteiger partial charge in [-0.25, -0.2) is 0 Å².